The smallest absolute Gasteiger partial charge is 0.0684 e. The molecule has 0 spiro atoms. The zero-order valence-electron chi connectivity index (χ0n) is 8.35. The van der Waals surface area contributed by atoms with Gasteiger partial charge in [0.1, 0.15) is 0 Å². The molecule has 2 nitrogen and oxygen atoms in total. The summed E-state index contributed by atoms with van der Waals surface area (Å²) in [4.78, 5) is 4.33. The van der Waals surface area contributed by atoms with Gasteiger partial charge in [-0.25, -0.2) is 0 Å². The molecule has 1 aromatic rings. The highest BCUT2D eigenvalue weighted by Crippen LogP contribution is 2.19. The highest BCUT2D eigenvalue weighted by molar-refractivity contribution is 9.11. The summed E-state index contributed by atoms with van der Waals surface area (Å²) in [5.74, 6) is 0. The molecule has 0 aliphatic carbocycles. The average Bonchev–Trinajstić information content (AvgIpc) is 2.16. The van der Waals surface area contributed by atoms with E-state index in [9.17, 15) is 0 Å². The van der Waals surface area contributed by atoms with E-state index in [1.165, 1.54) is 0 Å². The number of halogens is 2. The Hall–Kier alpha value is 0.0700. The fourth-order valence-corrected chi connectivity index (χ4v) is 2.12. The van der Waals surface area contributed by atoms with Gasteiger partial charge in [-0.15, -0.1) is 0 Å². The minimum Gasteiger partial charge on any atom is -0.309 e. The van der Waals surface area contributed by atoms with Crippen LogP contribution in [0.5, 0.6) is 0 Å². The summed E-state index contributed by atoms with van der Waals surface area (Å²) in [5.41, 5.74) is 1.05. The van der Waals surface area contributed by atoms with Crippen LogP contribution in [0.1, 0.15) is 26.0 Å². The average molecular weight is 322 g/mol. The highest BCUT2D eigenvalue weighted by atomic mass is 79.9. The summed E-state index contributed by atoms with van der Waals surface area (Å²) in [6, 6.07) is 2.55. The summed E-state index contributed by atoms with van der Waals surface area (Å²) in [6.45, 7) is 5.15. The van der Waals surface area contributed by atoms with Crippen LogP contribution in [0.3, 0.4) is 0 Å². The lowest BCUT2D eigenvalue weighted by Gasteiger charge is -2.11. The largest absolute Gasteiger partial charge is 0.309 e. The summed E-state index contributed by atoms with van der Waals surface area (Å²) < 4.78 is 2.04. The Balaban J connectivity index is 2.59. The molecule has 1 atom stereocenters. The third-order valence-electron chi connectivity index (χ3n) is 2.11. The Bertz CT molecular complexity index is 302. The van der Waals surface area contributed by atoms with E-state index in [2.05, 4.69) is 56.0 Å². The molecule has 0 radical (unpaired) electrons. The molecule has 1 unspecified atom stereocenters. The zero-order chi connectivity index (χ0) is 10.6. The minimum atomic E-state index is 0.535. The van der Waals surface area contributed by atoms with E-state index in [0.717, 1.165) is 27.6 Å². The molecule has 0 aliphatic rings. The lowest BCUT2D eigenvalue weighted by Crippen LogP contribution is -2.25. The van der Waals surface area contributed by atoms with Gasteiger partial charge in [0.25, 0.3) is 0 Å². The third-order valence-corrected chi connectivity index (χ3v) is 3.23. The topological polar surface area (TPSA) is 24.9 Å². The van der Waals surface area contributed by atoms with Crippen LogP contribution in [0.4, 0.5) is 0 Å². The minimum absolute atomic E-state index is 0.535. The van der Waals surface area contributed by atoms with E-state index in [-0.39, 0.29) is 0 Å². The summed E-state index contributed by atoms with van der Waals surface area (Å²) in [7, 11) is 0. The van der Waals surface area contributed by atoms with Gasteiger partial charge >= 0.3 is 0 Å². The first-order valence-corrected chi connectivity index (χ1v) is 6.25. The van der Waals surface area contributed by atoms with Gasteiger partial charge in [0, 0.05) is 27.7 Å². The van der Waals surface area contributed by atoms with Crippen LogP contribution in [0.15, 0.2) is 21.2 Å². The maximum absolute atomic E-state index is 4.33. The number of nitrogens with zero attached hydrogens (tertiary/aromatic N) is 1. The molecule has 0 fully saturated rings. The van der Waals surface area contributed by atoms with Crippen LogP contribution in [-0.2, 0) is 6.54 Å². The number of aromatic nitrogens is 1. The Kier molecular flexibility index (Phi) is 5.06. The van der Waals surface area contributed by atoms with Gasteiger partial charge in [0.2, 0.25) is 0 Å². The molecule has 0 aliphatic heterocycles. The molecule has 1 heterocycles. The van der Waals surface area contributed by atoms with Crippen LogP contribution in [0, 0.1) is 0 Å². The van der Waals surface area contributed by atoms with E-state index >= 15 is 0 Å². The third kappa shape index (κ3) is 3.67. The first-order valence-electron chi connectivity index (χ1n) is 4.66. The van der Waals surface area contributed by atoms with E-state index in [0.29, 0.717) is 6.04 Å². The van der Waals surface area contributed by atoms with Crippen molar-refractivity contribution in [2.75, 3.05) is 0 Å². The monoisotopic (exact) mass is 320 g/mol. The quantitative estimate of drug-likeness (QED) is 0.918. The van der Waals surface area contributed by atoms with Crippen molar-refractivity contribution >= 4 is 31.9 Å². The number of pyridine rings is 1. The summed E-state index contributed by atoms with van der Waals surface area (Å²) in [5, 5.41) is 3.40. The Morgan fingerprint density at radius 2 is 2.21 bits per heavy atom. The molecule has 0 saturated carbocycles. The fourth-order valence-electron chi connectivity index (χ4n) is 0.988. The standard InChI is InChI=1S/C10H14Br2N2/c1-3-7(2)13-6-10-9(12)4-8(11)5-14-10/h4-5,7,13H,3,6H2,1-2H3. The number of hydrogen-bond acceptors (Lipinski definition) is 2. The Morgan fingerprint density at radius 1 is 1.50 bits per heavy atom. The van der Waals surface area contributed by atoms with Crippen molar-refractivity contribution in [3.8, 4) is 0 Å². The van der Waals surface area contributed by atoms with E-state index in [1.807, 2.05) is 12.3 Å². The lowest BCUT2D eigenvalue weighted by molar-refractivity contribution is 0.528. The highest BCUT2D eigenvalue weighted by Gasteiger charge is 2.03. The van der Waals surface area contributed by atoms with Crippen molar-refractivity contribution in [3.05, 3.63) is 26.9 Å². The van der Waals surface area contributed by atoms with Crippen LogP contribution >= 0.6 is 31.9 Å². The van der Waals surface area contributed by atoms with E-state index in [1.54, 1.807) is 0 Å². The first-order chi connectivity index (χ1) is 6.63. The molecule has 1 aromatic heterocycles. The summed E-state index contributed by atoms with van der Waals surface area (Å²) >= 11 is 6.86. The van der Waals surface area contributed by atoms with Crippen molar-refractivity contribution < 1.29 is 0 Å². The molecule has 78 valence electrons. The zero-order valence-corrected chi connectivity index (χ0v) is 11.5. The molecule has 4 heteroatoms. The Morgan fingerprint density at radius 3 is 2.79 bits per heavy atom. The van der Waals surface area contributed by atoms with Gasteiger partial charge in [-0.1, -0.05) is 6.92 Å². The first kappa shape index (κ1) is 12.1. The van der Waals surface area contributed by atoms with Gasteiger partial charge in [0.05, 0.1) is 5.69 Å². The van der Waals surface area contributed by atoms with E-state index in [4.69, 9.17) is 0 Å². The fraction of sp³-hybridized carbons (Fsp3) is 0.500. The second kappa shape index (κ2) is 5.83. The van der Waals surface area contributed by atoms with Crippen molar-refractivity contribution in [3.63, 3.8) is 0 Å². The van der Waals surface area contributed by atoms with Crippen LogP contribution < -0.4 is 5.32 Å². The molecule has 1 rings (SSSR count). The summed E-state index contributed by atoms with van der Waals surface area (Å²) in [6.07, 6.45) is 2.95. The number of nitrogens with one attached hydrogen (secondary N) is 1. The number of hydrogen-bond donors (Lipinski definition) is 1. The van der Waals surface area contributed by atoms with Gasteiger partial charge in [-0.2, -0.15) is 0 Å². The van der Waals surface area contributed by atoms with Gasteiger partial charge < -0.3 is 5.32 Å². The van der Waals surface area contributed by atoms with Crippen LogP contribution in [0.25, 0.3) is 0 Å². The second-order valence-corrected chi connectivity index (χ2v) is 5.04. The van der Waals surface area contributed by atoms with Gasteiger partial charge in [0.15, 0.2) is 0 Å². The molecule has 14 heavy (non-hydrogen) atoms. The van der Waals surface area contributed by atoms with Crippen molar-refractivity contribution in [1.29, 1.82) is 0 Å². The molecule has 0 amide bonds. The Labute approximate surface area is 102 Å². The molecular weight excluding hydrogens is 308 g/mol. The van der Waals surface area contributed by atoms with Crippen molar-refractivity contribution in [2.24, 2.45) is 0 Å². The molecule has 0 bridgehead atoms. The SMILES string of the molecule is CCC(C)NCc1ncc(Br)cc1Br. The predicted molar refractivity (Wildman–Crippen MR) is 66.2 cm³/mol. The van der Waals surface area contributed by atoms with E-state index < -0.39 is 0 Å². The van der Waals surface area contributed by atoms with Crippen LogP contribution in [0.2, 0.25) is 0 Å². The number of rotatable bonds is 4. The molecule has 1 N–H and O–H groups in total. The maximum Gasteiger partial charge on any atom is 0.0684 e. The predicted octanol–water partition coefficient (Wildman–Crippen LogP) is 3.49. The van der Waals surface area contributed by atoms with Crippen molar-refractivity contribution in [1.82, 2.24) is 10.3 Å². The van der Waals surface area contributed by atoms with Gasteiger partial charge in [-0.3, -0.25) is 4.98 Å². The van der Waals surface area contributed by atoms with Crippen molar-refractivity contribution in [2.45, 2.75) is 32.9 Å². The maximum atomic E-state index is 4.33. The second-order valence-electron chi connectivity index (χ2n) is 3.27. The van der Waals surface area contributed by atoms with Gasteiger partial charge in [-0.05, 0) is 51.3 Å². The molecule has 0 aromatic carbocycles. The normalized spacial score (nSPS) is 12.9. The molecule has 0 saturated heterocycles. The molecular formula is C10H14Br2N2. The van der Waals surface area contributed by atoms with Crippen LogP contribution in [-0.4, -0.2) is 11.0 Å². The lowest BCUT2D eigenvalue weighted by atomic mass is 10.2.